The van der Waals surface area contributed by atoms with Crippen molar-refractivity contribution in [2.45, 2.75) is 12.1 Å². The Bertz CT molecular complexity index is 285. The van der Waals surface area contributed by atoms with Crippen LogP contribution in [0.1, 0.15) is 0 Å². The summed E-state index contributed by atoms with van der Waals surface area (Å²) >= 11 is 0. The van der Waals surface area contributed by atoms with Gasteiger partial charge in [0.2, 0.25) is 0 Å². The highest BCUT2D eigenvalue weighted by molar-refractivity contribution is 5.82. The lowest BCUT2D eigenvalue weighted by Crippen LogP contribution is -2.57. The number of hydrogen-bond donors (Lipinski definition) is 4. The van der Waals surface area contributed by atoms with Crippen LogP contribution in [0.5, 0.6) is 0 Å². The van der Waals surface area contributed by atoms with Crippen molar-refractivity contribution < 1.29 is 29.6 Å². The molecule has 2 atom stereocenters. The van der Waals surface area contributed by atoms with E-state index in [2.05, 4.69) is 5.32 Å². The molecular weight excluding hydrogens is 232 g/mol. The molecule has 1 heterocycles. The number of carbonyl (C=O) groups is 2. The fraction of sp³-hybridized carbons (Fsp3) is 0.778. The van der Waals surface area contributed by atoms with Gasteiger partial charge in [-0.1, -0.05) is 0 Å². The second-order valence-corrected chi connectivity index (χ2v) is 3.63. The van der Waals surface area contributed by atoms with Crippen molar-refractivity contribution in [2.75, 3.05) is 33.0 Å². The van der Waals surface area contributed by atoms with E-state index in [4.69, 9.17) is 20.1 Å². The van der Waals surface area contributed by atoms with Gasteiger partial charge in [0.05, 0.1) is 32.5 Å². The number of nitrogens with one attached hydrogen (secondary N) is 1. The topological polar surface area (TPSA) is 119 Å². The molecule has 0 aromatic carbocycles. The maximum Gasteiger partial charge on any atom is 0.328 e. The summed E-state index contributed by atoms with van der Waals surface area (Å²) in [7, 11) is 0. The zero-order valence-electron chi connectivity index (χ0n) is 9.20. The lowest BCUT2D eigenvalue weighted by atomic mass is 10.2. The van der Waals surface area contributed by atoms with Crippen molar-refractivity contribution in [1.82, 2.24) is 10.2 Å². The largest absolute Gasteiger partial charge is 0.480 e. The van der Waals surface area contributed by atoms with E-state index in [1.807, 2.05) is 0 Å². The van der Waals surface area contributed by atoms with Crippen LogP contribution >= 0.6 is 0 Å². The number of aliphatic carboxylic acids is 1. The minimum atomic E-state index is -1.34. The molecule has 2 amide bonds. The quantitative estimate of drug-likeness (QED) is 0.449. The summed E-state index contributed by atoms with van der Waals surface area (Å²) in [5.41, 5.74) is 0. The third kappa shape index (κ3) is 3.55. The lowest BCUT2D eigenvalue weighted by Gasteiger charge is -2.34. The molecule has 0 bridgehead atoms. The number of nitrogens with zero attached hydrogens (tertiary/aromatic N) is 1. The molecule has 0 aromatic rings. The Morgan fingerprint density at radius 1 is 1.47 bits per heavy atom. The molecule has 0 aromatic heterocycles. The number of carboxylic acids is 1. The van der Waals surface area contributed by atoms with Gasteiger partial charge in [-0.05, 0) is 0 Å². The highest BCUT2D eigenvalue weighted by Crippen LogP contribution is 2.06. The number of carboxylic acid groups (broad SMARTS) is 1. The van der Waals surface area contributed by atoms with Crippen molar-refractivity contribution in [3.05, 3.63) is 0 Å². The van der Waals surface area contributed by atoms with E-state index in [1.54, 1.807) is 0 Å². The molecule has 0 saturated carbocycles. The van der Waals surface area contributed by atoms with Gasteiger partial charge >= 0.3 is 12.0 Å². The van der Waals surface area contributed by atoms with Gasteiger partial charge in [0, 0.05) is 6.54 Å². The first-order chi connectivity index (χ1) is 8.10. The van der Waals surface area contributed by atoms with Crippen molar-refractivity contribution >= 4 is 12.0 Å². The fourth-order valence-corrected chi connectivity index (χ4v) is 1.49. The molecule has 1 fully saturated rings. The molecule has 1 saturated heterocycles. The first-order valence-electron chi connectivity index (χ1n) is 5.19. The second kappa shape index (κ2) is 6.38. The van der Waals surface area contributed by atoms with E-state index in [0.29, 0.717) is 6.61 Å². The van der Waals surface area contributed by atoms with Gasteiger partial charge in [-0.15, -0.1) is 0 Å². The molecule has 0 aliphatic carbocycles. The molecule has 98 valence electrons. The van der Waals surface area contributed by atoms with Gasteiger partial charge in [-0.2, -0.15) is 0 Å². The number of urea groups is 1. The van der Waals surface area contributed by atoms with Crippen LogP contribution < -0.4 is 5.32 Å². The molecule has 1 rings (SSSR count). The van der Waals surface area contributed by atoms with Crippen LogP contribution in [0.25, 0.3) is 0 Å². The van der Waals surface area contributed by atoms with Gasteiger partial charge < -0.3 is 30.3 Å². The number of morpholine rings is 1. The van der Waals surface area contributed by atoms with Gasteiger partial charge in [-0.3, -0.25) is 0 Å². The van der Waals surface area contributed by atoms with Crippen molar-refractivity contribution in [1.29, 1.82) is 0 Å². The maximum absolute atomic E-state index is 11.7. The number of amides is 2. The van der Waals surface area contributed by atoms with E-state index in [-0.39, 0.29) is 19.8 Å². The Kier molecular flexibility index (Phi) is 5.13. The van der Waals surface area contributed by atoms with E-state index in [1.165, 1.54) is 4.90 Å². The monoisotopic (exact) mass is 248 g/mol. The van der Waals surface area contributed by atoms with Gasteiger partial charge in [0.1, 0.15) is 0 Å². The first-order valence-corrected chi connectivity index (χ1v) is 5.19. The molecule has 8 heteroatoms. The number of carbonyl (C=O) groups excluding carboxylic acids is 1. The highest BCUT2D eigenvalue weighted by atomic mass is 16.5. The van der Waals surface area contributed by atoms with Crippen LogP contribution in [0.15, 0.2) is 0 Å². The van der Waals surface area contributed by atoms with Gasteiger partial charge in [-0.25, -0.2) is 9.59 Å². The molecule has 1 aliphatic heterocycles. The number of aliphatic hydroxyl groups is 2. The summed E-state index contributed by atoms with van der Waals surface area (Å²) in [6.45, 7) is -0.129. The number of aliphatic hydroxyl groups excluding tert-OH is 2. The number of hydrogen-bond acceptors (Lipinski definition) is 5. The van der Waals surface area contributed by atoms with Crippen LogP contribution in [0.3, 0.4) is 0 Å². The summed E-state index contributed by atoms with van der Waals surface area (Å²) in [6, 6.07) is -2.46. The van der Waals surface area contributed by atoms with E-state index in [0.717, 1.165) is 0 Å². The maximum atomic E-state index is 11.7. The third-order valence-corrected chi connectivity index (χ3v) is 2.48. The molecule has 8 nitrogen and oxygen atoms in total. The molecule has 17 heavy (non-hydrogen) atoms. The van der Waals surface area contributed by atoms with Crippen molar-refractivity contribution in [3.8, 4) is 0 Å². The average molecular weight is 248 g/mol. The van der Waals surface area contributed by atoms with E-state index < -0.39 is 30.7 Å². The summed E-state index contributed by atoms with van der Waals surface area (Å²) in [5, 5.41) is 28.7. The van der Waals surface area contributed by atoms with Crippen molar-refractivity contribution in [2.24, 2.45) is 0 Å². The molecule has 1 aliphatic rings. The molecular formula is C9H16N2O6. The SMILES string of the molecule is O=C(O)[C@@H](CO)NC(=O)N1CCOCC1CO. The number of rotatable bonds is 4. The van der Waals surface area contributed by atoms with E-state index >= 15 is 0 Å². The molecule has 4 N–H and O–H groups in total. The highest BCUT2D eigenvalue weighted by Gasteiger charge is 2.29. The number of ether oxygens (including phenoxy) is 1. The molecule has 0 spiro atoms. The van der Waals surface area contributed by atoms with Crippen LogP contribution in [0.4, 0.5) is 4.79 Å². The predicted molar refractivity (Wildman–Crippen MR) is 55.4 cm³/mol. The standard InChI is InChI=1S/C9H16N2O6/c12-3-6-5-17-2-1-11(6)9(16)10-7(4-13)8(14)15/h6-7,12-13H,1-5H2,(H,10,16)(H,14,15)/t6?,7-/m1/s1. The summed E-state index contributed by atoms with van der Waals surface area (Å²) in [4.78, 5) is 23.6. The zero-order valence-corrected chi connectivity index (χ0v) is 9.20. The zero-order chi connectivity index (χ0) is 12.8. The van der Waals surface area contributed by atoms with Gasteiger partial charge in [0.15, 0.2) is 6.04 Å². The fourth-order valence-electron chi connectivity index (χ4n) is 1.49. The Morgan fingerprint density at radius 3 is 2.71 bits per heavy atom. The Morgan fingerprint density at radius 2 is 2.18 bits per heavy atom. The van der Waals surface area contributed by atoms with Crippen LogP contribution in [-0.4, -0.2) is 77.3 Å². The van der Waals surface area contributed by atoms with Crippen molar-refractivity contribution in [3.63, 3.8) is 0 Å². The molecule has 0 radical (unpaired) electrons. The summed E-state index contributed by atoms with van der Waals surface area (Å²) < 4.78 is 5.08. The Hall–Kier alpha value is -1.38. The minimum absolute atomic E-state index is 0.209. The Balaban J connectivity index is 2.58. The van der Waals surface area contributed by atoms with Crippen LogP contribution in [0.2, 0.25) is 0 Å². The predicted octanol–water partition coefficient (Wildman–Crippen LogP) is -2.17. The third-order valence-electron chi connectivity index (χ3n) is 2.48. The normalized spacial score (nSPS) is 22.0. The summed E-state index contributed by atoms with van der Waals surface area (Å²) in [5.74, 6) is -1.31. The second-order valence-electron chi connectivity index (χ2n) is 3.63. The van der Waals surface area contributed by atoms with Crippen LogP contribution in [-0.2, 0) is 9.53 Å². The van der Waals surface area contributed by atoms with Crippen LogP contribution in [0, 0.1) is 0 Å². The Labute approximate surface area is 97.8 Å². The minimum Gasteiger partial charge on any atom is -0.480 e. The smallest absolute Gasteiger partial charge is 0.328 e. The van der Waals surface area contributed by atoms with Gasteiger partial charge in [0.25, 0.3) is 0 Å². The summed E-state index contributed by atoms with van der Waals surface area (Å²) in [6.07, 6.45) is 0. The first kappa shape index (κ1) is 13.7. The average Bonchev–Trinajstić information content (AvgIpc) is 2.35. The lowest BCUT2D eigenvalue weighted by molar-refractivity contribution is -0.140. The molecule has 1 unspecified atom stereocenters. The van der Waals surface area contributed by atoms with E-state index in [9.17, 15) is 9.59 Å².